The number of nitriles is 1. The molecule has 2 rings (SSSR count). The topological polar surface area (TPSA) is 136 Å². The van der Waals surface area contributed by atoms with E-state index in [4.69, 9.17) is 14.2 Å². The van der Waals surface area contributed by atoms with Gasteiger partial charge in [0.15, 0.2) is 11.5 Å². The number of amides is 1. The lowest BCUT2D eigenvalue weighted by molar-refractivity contribution is -0.384. The molecule has 0 aliphatic carbocycles. The standard InChI is InChI=1S/C21H22N4O6/c1-13(14-5-8-18(29-2)20(9-14)31-4)24-21(26)15(11-22)12-23-17-7-6-16(25(27)28)10-19(17)30-3/h5-10,12-13,23H,1-4H3,(H,24,26)/b15-12-. The monoisotopic (exact) mass is 426 g/mol. The number of carbonyl (C=O) groups is 1. The molecule has 1 atom stereocenters. The van der Waals surface area contributed by atoms with E-state index in [2.05, 4.69) is 10.6 Å². The lowest BCUT2D eigenvalue weighted by atomic mass is 10.1. The van der Waals surface area contributed by atoms with Gasteiger partial charge in [0.25, 0.3) is 11.6 Å². The predicted octanol–water partition coefficient (Wildman–Crippen LogP) is 3.32. The quantitative estimate of drug-likeness (QED) is 0.270. The van der Waals surface area contributed by atoms with E-state index in [0.29, 0.717) is 17.2 Å². The van der Waals surface area contributed by atoms with Gasteiger partial charge in [-0.15, -0.1) is 0 Å². The van der Waals surface area contributed by atoms with Crippen LogP contribution >= 0.6 is 0 Å². The Morgan fingerprint density at radius 2 is 1.77 bits per heavy atom. The van der Waals surface area contributed by atoms with E-state index in [0.717, 1.165) is 5.56 Å². The van der Waals surface area contributed by atoms with Crippen molar-refractivity contribution in [2.45, 2.75) is 13.0 Å². The highest BCUT2D eigenvalue weighted by atomic mass is 16.6. The number of nitrogens with one attached hydrogen (secondary N) is 2. The smallest absolute Gasteiger partial charge is 0.273 e. The third kappa shape index (κ3) is 5.63. The average Bonchev–Trinajstić information content (AvgIpc) is 2.78. The van der Waals surface area contributed by atoms with Gasteiger partial charge in [-0.05, 0) is 30.7 Å². The average molecular weight is 426 g/mol. The summed E-state index contributed by atoms with van der Waals surface area (Å²) in [4.78, 5) is 22.9. The van der Waals surface area contributed by atoms with Crippen molar-refractivity contribution < 1.29 is 23.9 Å². The molecule has 10 nitrogen and oxygen atoms in total. The van der Waals surface area contributed by atoms with Crippen molar-refractivity contribution >= 4 is 17.3 Å². The van der Waals surface area contributed by atoms with Gasteiger partial charge in [0.1, 0.15) is 17.4 Å². The number of hydrogen-bond donors (Lipinski definition) is 2. The van der Waals surface area contributed by atoms with Gasteiger partial charge in [0.05, 0.1) is 44.0 Å². The summed E-state index contributed by atoms with van der Waals surface area (Å²) in [6.45, 7) is 1.76. The highest BCUT2D eigenvalue weighted by Gasteiger charge is 2.16. The van der Waals surface area contributed by atoms with Crippen LogP contribution < -0.4 is 24.8 Å². The van der Waals surface area contributed by atoms with E-state index in [9.17, 15) is 20.2 Å². The third-order valence-corrected chi connectivity index (χ3v) is 4.39. The molecular weight excluding hydrogens is 404 g/mol. The zero-order valence-electron chi connectivity index (χ0n) is 17.5. The van der Waals surface area contributed by atoms with Crippen molar-refractivity contribution in [3.63, 3.8) is 0 Å². The molecule has 0 bridgehead atoms. The molecule has 0 spiro atoms. The minimum atomic E-state index is -0.599. The number of carbonyl (C=O) groups excluding carboxylic acids is 1. The minimum Gasteiger partial charge on any atom is -0.494 e. The molecule has 0 aliphatic heterocycles. The lowest BCUT2D eigenvalue weighted by Gasteiger charge is -2.16. The summed E-state index contributed by atoms with van der Waals surface area (Å²) in [5, 5.41) is 25.8. The maximum absolute atomic E-state index is 12.5. The molecule has 2 N–H and O–H groups in total. The summed E-state index contributed by atoms with van der Waals surface area (Å²) < 4.78 is 15.6. The van der Waals surface area contributed by atoms with Gasteiger partial charge in [-0.1, -0.05) is 6.07 Å². The fourth-order valence-corrected chi connectivity index (χ4v) is 2.69. The summed E-state index contributed by atoms with van der Waals surface area (Å²) >= 11 is 0. The van der Waals surface area contributed by atoms with E-state index in [-0.39, 0.29) is 17.0 Å². The Labute approximate surface area is 179 Å². The largest absolute Gasteiger partial charge is 0.494 e. The van der Waals surface area contributed by atoms with Gasteiger partial charge < -0.3 is 24.8 Å². The molecule has 1 amide bonds. The summed E-state index contributed by atoms with van der Waals surface area (Å²) in [5.41, 5.74) is 0.788. The molecule has 0 heterocycles. The SMILES string of the molecule is COc1cc([N+](=O)[O-])ccc1N/C=C(/C#N)C(=O)NC(C)c1ccc(OC)c(OC)c1. The van der Waals surface area contributed by atoms with Crippen LogP contribution in [0.5, 0.6) is 17.2 Å². The van der Waals surface area contributed by atoms with Gasteiger partial charge in [-0.2, -0.15) is 5.26 Å². The van der Waals surface area contributed by atoms with Crippen LogP contribution in [0.4, 0.5) is 11.4 Å². The zero-order valence-corrected chi connectivity index (χ0v) is 17.5. The molecular formula is C21H22N4O6. The number of ether oxygens (including phenoxy) is 3. The van der Waals surface area contributed by atoms with Crippen molar-refractivity contribution in [1.82, 2.24) is 5.32 Å². The van der Waals surface area contributed by atoms with Crippen LogP contribution in [0.3, 0.4) is 0 Å². The van der Waals surface area contributed by atoms with Gasteiger partial charge >= 0.3 is 0 Å². The molecule has 0 radical (unpaired) electrons. The summed E-state index contributed by atoms with van der Waals surface area (Å²) in [7, 11) is 4.40. The number of hydrogen-bond acceptors (Lipinski definition) is 8. The van der Waals surface area contributed by atoms with Crippen molar-refractivity contribution in [3.8, 4) is 23.3 Å². The van der Waals surface area contributed by atoms with Crippen LogP contribution in [0.25, 0.3) is 0 Å². The molecule has 2 aromatic rings. The molecule has 10 heteroatoms. The highest BCUT2D eigenvalue weighted by Crippen LogP contribution is 2.30. The molecule has 1 unspecified atom stereocenters. The Balaban J connectivity index is 2.16. The Kier molecular flexibility index (Phi) is 7.80. The molecule has 31 heavy (non-hydrogen) atoms. The molecule has 0 fully saturated rings. The lowest BCUT2D eigenvalue weighted by Crippen LogP contribution is -2.28. The van der Waals surface area contributed by atoms with E-state index >= 15 is 0 Å². The number of non-ortho nitro benzene ring substituents is 1. The fraction of sp³-hybridized carbons (Fsp3) is 0.238. The summed E-state index contributed by atoms with van der Waals surface area (Å²) in [6.07, 6.45) is 1.21. The third-order valence-electron chi connectivity index (χ3n) is 4.39. The van der Waals surface area contributed by atoms with Crippen LogP contribution in [0.15, 0.2) is 48.2 Å². The van der Waals surface area contributed by atoms with Crippen LogP contribution in [0.2, 0.25) is 0 Å². The molecule has 0 aliphatic rings. The van der Waals surface area contributed by atoms with Gasteiger partial charge in [0, 0.05) is 12.3 Å². The first kappa shape index (κ1) is 23.0. The first-order valence-corrected chi connectivity index (χ1v) is 9.06. The van der Waals surface area contributed by atoms with Crippen LogP contribution in [-0.4, -0.2) is 32.2 Å². The van der Waals surface area contributed by atoms with Crippen molar-refractivity contribution in [3.05, 3.63) is 63.8 Å². The predicted molar refractivity (Wildman–Crippen MR) is 113 cm³/mol. The van der Waals surface area contributed by atoms with Gasteiger partial charge in [-0.3, -0.25) is 14.9 Å². The Bertz CT molecular complexity index is 1040. The second-order valence-corrected chi connectivity index (χ2v) is 6.27. The first-order chi connectivity index (χ1) is 14.8. The normalized spacial score (nSPS) is 11.6. The number of nitrogens with zero attached hydrogens (tertiary/aromatic N) is 2. The maximum atomic E-state index is 12.5. The van der Waals surface area contributed by atoms with Crippen LogP contribution in [0, 0.1) is 21.4 Å². The molecule has 0 saturated carbocycles. The molecule has 162 valence electrons. The van der Waals surface area contributed by atoms with Crippen LogP contribution in [-0.2, 0) is 4.79 Å². The van der Waals surface area contributed by atoms with E-state index in [1.165, 1.54) is 45.7 Å². The van der Waals surface area contributed by atoms with Crippen molar-refractivity contribution in [2.24, 2.45) is 0 Å². The number of anilines is 1. The number of benzene rings is 2. The Morgan fingerprint density at radius 1 is 1.10 bits per heavy atom. The number of nitro benzene ring substituents is 1. The maximum Gasteiger partial charge on any atom is 0.273 e. The minimum absolute atomic E-state index is 0.145. The van der Waals surface area contributed by atoms with Gasteiger partial charge in [0.2, 0.25) is 0 Å². The Hall–Kier alpha value is -4.26. The molecule has 0 aromatic heterocycles. The van der Waals surface area contributed by atoms with E-state index in [1.807, 2.05) is 6.07 Å². The van der Waals surface area contributed by atoms with Crippen molar-refractivity contribution in [1.29, 1.82) is 5.26 Å². The summed E-state index contributed by atoms with van der Waals surface area (Å²) in [5.74, 6) is 0.674. The summed E-state index contributed by atoms with van der Waals surface area (Å²) in [6, 6.07) is 10.6. The molecule has 2 aromatic carbocycles. The highest BCUT2D eigenvalue weighted by molar-refractivity contribution is 5.97. The van der Waals surface area contributed by atoms with E-state index < -0.39 is 16.9 Å². The van der Waals surface area contributed by atoms with Gasteiger partial charge in [-0.25, -0.2) is 0 Å². The second kappa shape index (κ2) is 10.5. The van der Waals surface area contributed by atoms with Crippen molar-refractivity contribution in [2.75, 3.05) is 26.6 Å². The number of methoxy groups -OCH3 is 3. The fourth-order valence-electron chi connectivity index (χ4n) is 2.69. The second-order valence-electron chi connectivity index (χ2n) is 6.27. The van der Waals surface area contributed by atoms with E-state index in [1.54, 1.807) is 25.1 Å². The number of nitro groups is 1. The first-order valence-electron chi connectivity index (χ1n) is 9.06. The Morgan fingerprint density at radius 3 is 2.35 bits per heavy atom. The van der Waals surface area contributed by atoms with Crippen LogP contribution in [0.1, 0.15) is 18.5 Å². The zero-order chi connectivity index (χ0) is 23.0. The number of rotatable bonds is 9. The molecule has 0 saturated heterocycles.